The van der Waals surface area contributed by atoms with Gasteiger partial charge in [0, 0.05) is 0 Å². The highest BCUT2D eigenvalue weighted by atomic mass is 19.4. The van der Waals surface area contributed by atoms with Gasteiger partial charge in [-0.3, -0.25) is 0 Å². The molecular formula is C19H25F3N4O3. The van der Waals surface area contributed by atoms with Crippen molar-refractivity contribution < 1.29 is 27.4 Å². The molecule has 7 nitrogen and oxygen atoms in total. The van der Waals surface area contributed by atoms with Crippen molar-refractivity contribution in [1.29, 1.82) is 0 Å². The van der Waals surface area contributed by atoms with Crippen molar-refractivity contribution in [1.82, 2.24) is 19.9 Å². The molecule has 1 atom stereocenters. The molecule has 2 heterocycles. The highest BCUT2D eigenvalue weighted by Gasteiger charge is 2.49. The summed E-state index contributed by atoms with van der Waals surface area (Å²) in [5, 5.41) is 6.69. The van der Waals surface area contributed by atoms with Gasteiger partial charge in [0.2, 0.25) is 0 Å². The molecule has 0 aliphatic rings. The van der Waals surface area contributed by atoms with Gasteiger partial charge < -0.3 is 14.8 Å². The van der Waals surface area contributed by atoms with E-state index in [9.17, 15) is 18.0 Å². The Bertz CT molecular complexity index is 885. The average molecular weight is 414 g/mol. The zero-order chi connectivity index (χ0) is 22.0. The van der Waals surface area contributed by atoms with Crippen molar-refractivity contribution in [3.63, 3.8) is 0 Å². The predicted octanol–water partition coefficient (Wildman–Crippen LogP) is 4.30. The number of rotatable bonds is 6. The molecule has 0 aromatic carbocycles. The quantitative estimate of drug-likeness (QED) is 0.763. The minimum atomic E-state index is -4.58. The van der Waals surface area contributed by atoms with E-state index in [2.05, 4.69) is 22.0 Å². The molecule has 29 heavy (non-hydrogen) atoms. The summed E-state index contributed by atoms with van der Waals surface area (Å²) < 4.78 is 51.2. The van der Waals surface area contributed by atoms with E-state index in [0.717, 1.165) is 19.4 Å². The second-order valence-corrected chi connectivity index (χ2v) is 7.98. The summed E-state index contributed by atoms with van der Waals surface area (Å²) in [5.74, 6) is 0. The number of halogens is 3. The summed E-state index contributed by atoms with van der Waals surface area (Å²) in [6.07, 6.45) is -0.720. The number of fused-ring (bicyclic) bond motifs is 1. The SMILES string of the molecule is C=Cc1cnn2cc([C@H](COC(C)(C)C(F)(F)F)NC(=O)OC(C)(C)C)nc2c1. The number of aromatic nitrogens is 3. The van der Waals surface area contributed by atoms with E-state index in [1.807, 2.05) is 0 Å². The van der Waals surface area contributed by atoms with E-state index in [-0.39, 0.29) is 5.69 Å². The minimum absolute atomic E-state index is 0.280. The molecule has 160 valence electrons. The molecule has 2 rings (SSSR count). The first-order valence-corrected chi connectivity index (χ1v) is 8.90. The van der Waals surface area contributed by atoms with E-state index in [1.165, 1.54) is 10.7 Å². The van der Waals surface area contributed by atoms with Crippen LogP contribution in [0.4, 0.5) is 18.0 Å². The molecular weight excluding hydrogens is 389 g/mol. The number of hydrogen-bond acceptors (Lipinski definition) is 5. The van der Waals surface area contributed by atoms with Gasteiger partial charge in [0.1, 0.15) is 5.60 Å². The Labute approximate surface area is 166 Å². The monoisotopic (exact) mass is 414 g/mol. The number of alkyl carbamates (subject to hydrolysis) is 1. The molecule has 0 radical (unpaired) electrons. The van der Waals surface area contributed by atoms with E-state index >= 15 is 0 Å². The molecule has 0 spiro atoms. The summed E-state index contributed by atoms with van der Waals surface area (Å²) >= 11 is 0. The standard InChI is InChI=1S/C19H25F3N4O3/c1-7-12-8-15-24-13(10-26(15)23-9-12)14(25-16(27)29-17(2,3)4)11-28-18(5,6)19(20,21)22/h7-10,14H,1,11H2,2-6H3,(H,25,27)/t14-/m0/s1. The van der Waals surface area contributed by atoms with Crippen LogP contribution in [-0.2, 0) is 9.47 Å². The van der Waals surface area contributed by atoms with Crippen LogP contribution in [0.25, 0.3) is 11.7 Å². The van der Waals surface area contributed by atoms with Gasteiger partial charge in [0.25, 0.3) is 0 Å². The Morgan fingerprint density at radius 3 is 2.52 bits per heavy atom. The number of imidazole rings is 1. The summed E-state index contributed by atoms with van der Waals surface area (Å²) in [5.41, 5.74) is -1.74. The summed E-state index contributed by atoms with van der Waals surface area (Å²) in [7, 11) is 0. The first-order valence-electron chi connectivity index (χ1n) is 8.90. The number of carbonyl (C=O) groups is 1. The molecule has 0 saturated heterocycles. The number of alkyl halides is 3. The van der Waals surface area contributed by atoms with E-state index < -0.39 is 36.1 Å². The first-order chi connectivity index (χ1) is 13.2. The molecule has 0 aliphatic carbocycles. The maximum atomic E-state index is 13.1. The second kappa shape index (κ2) is 8.02. The Morgan fingerprint density at radius 1 is 1.31 bits per heavy atom. The zero-order valence-electron chi connectivity index (χ0n) is 17.0. The average Bonchev–Trinajstić information content (AvgIpc) is 2.98. The van der Waals surface area contributed by atoms with Crippen molar-refractivity contribution in [2.24, 2.45) is 0 Å². The van der Waals surface area contributed by atoms with Gasteiger partial charge >= 0.3 is 12.3 Å². The Hall–Kier alpha value is -2.62. The van der Waals surface area contributed by atoms with Crippen LogP contribution in [0.2, 0.25) is 0 Å². The number of hydrogen-bond donors (Lipinski definition) is 1. The van der Waals surface area contributed by atoms with Crippen molar-refractivity contribution in [2.75, 3.05) is 6.61 Å². The highest BCUT2D eigenvalue weighted by Crippen LogP contribution is 2.33. The summed E-state index contributed by atoms with van der Waals surface area (Å²) in [6.45, 7) is 10.0. The molecule has 0 fully saturated rings. The lowest BCUT2D eigenvalue weighted by Crippen LogP contribution is -2.44. The molecule has 2 aromatic heterocycles. The first kappa shape index (κ1) is 22.7. The van der Waals surface area contributed by atoms with Gasteiger partial charge in [-0.15, -0.1) is 0 Å². The van der Waals surface area contributed by atoms with E-state index in [4.69, 9.17) is 9.47 Å². The number of amides is 1. The van der Waals surface area contributed by atoms with Crippen LogP contribution >= 0.6 is 0 Å². The van der Waals surface area contributed by atoms with Gasteiger partial charge in [-0.05, 0) is 46.2 Å². The van der Waals surface area contributed by atoms with Crippen LogP contribution in [0, 0.1) is 0 Å². The summed E-state index contributed by atoms with van der Waals surface area (Å²) in [4.78, 5) is 16.6. The molecule has 0 unspecified atom stereocenters. The zero-order valence-corrected chi connectivity index (χ0v) is 17.0. The van der Waals surface area contributed by atoms with Crippen molar-refractivity contribution in [2.45, 2.75) is 58.0 Å². The van der Waals surface area contributed by atoms with Crippen LogP contribution in [0.3, 0.4) is 0 Å². The fourth-order valence-corrected chi connectivity index (χ4v) is 2.21. The lowest BCUT2D eigenvalue weighted by Gasteiger charge is -2.30. The third-order valence-corrected chi connectivity index (χ3v) is 3.94. The lowest BCUT2D eigenvalue weighted by molar-refractivity contribution is -0.265. The second-order valence-electron chi connectivity index (χ2n) is 7.98. The molecule has 0 aliphatic heterocycles. The van der Waals surface area contributed by atoms with Gasteiger partial charge in [-0.2, -0.15) is 18.3 Å². The minimum Gasteiger partial charge on any atom is -0.444 e. The van der Waals surface area contributed by atoms with E-state index in [0.29, 0.717) is 5.65 Å². The van der Waals surface area contributed by atoms with Crippen LogP contribution in [0.5, 0.6) is 0 Å². The Balaban J connectivity index is 2.31. The van der Waals surface area contributed by atoms with Crippen LogP contribution in [0.15, 0.2) is 25.0 Å². The van der Waals surface area contributed by atoms with Crippen LogP contribution < -0.4 is 5.32 Å². The fourth-order valence-electron chi connectivity index (χ4n) is 2.21. The number of carbonyl (C=O) groups excluding carboxylic acids is 1. The third-order valence-electron chi connectivity index (χ3n) is 3.94. The third kappa shape index (κ3) is 5.93. The maximum absolute atomic E-state index is 13.1. The molecule has 1 N–H and O–H groups in total. The van der Waals surface area contributed by atoms with Gasteiger partial charge in [-0.1, -0.05) is 12.7 Å². The highest BCUT2D eigenvalue weighted by molar-refractivity contribution is 5.68. The number of nitrogens with one attached hydrogen (secondary N) is 1. The van der Waals surface area contributed by atoms with Crippen molar-refractivity contribution >= 4 is 17.8 Å². The largest absolute Gasteiger partial charge is 0.444 e. The van der Waals surface area contributed by atoms with Crippen LogP contribution in [-0.4, -0.2) is 44.7 Å². The number of nitrogens with zero attached hydrogens (tertiary/aromatic N) is 3. The Morgan fingerprint density at radius 2 is 1.97 bits per heavy atom. The lowest BCUT2D eigenvalue weighted by atomic mass is 10.1. The maximum Gasteiger partial charge on any atom is 0.416 e. The van der Waals surface area contributed by atoms with Crippen molar-refractivity contribution in [3.8, 4) is 0 Å². The predicted molar refractivity (Wildman–Crippen MR) is 101 cm³/mol. The topological polar surface area (TPSA) is 77.8 Å². The van der Waals surface area contributed by atoms with Gasteiger partial charge in [0.05, 0.1) is 30.7 Å². The Kier molecular flexibility index (Phi) is 6.27. The summed E-state index contributed by atoms with van der Waals surface area (Å²) in [6, 6.07) is 0.717. The molecule has 0 bridgehead atoms. The molecule has 2 aromatic rings. The van der Waals surface area contributed by atoms with Gasteiger partial charge in [-0.25, -0.2) is 14.3 Å². The van der Waals surface area contributed by atoms with Gasteiger partial charge in [0.15, 0.2) is 11.2 Å². The smallest absolute Gasteiger partial charge is 0.416 e. The van der Waals surface area contributed by atoms with Crippen LogP contribution in [0.1, 0.15) is 51.9 Å². The molecule has 1 amide bonds. The molecule has 0 saturated carbocycles. The molecule has 10 heteroatoms. The van der Waals surface area contributed by atoms with E-state index in [1.54, 1.807) is 39.1 Å². The number of ether oxygens (including phenoxy) is 2. The normalized spacial score (nSPS) is 13.9. The van der Waals surface area contributed by atoms with Crippen molar-refractivity contribution in [3.05, 3.63) is 36.3 Å². The fraction of sp³-hybridized carbons (Fsp3) is 0.526.